The van der Waals surface area contributed by atoms with Crippen LogP contribution in [0.25, 0.3) is 0 Å². The molecule has 1 aromatic carbocycles. The third-order valence-corrected chi connectivity index (χ3v) is 3.68. The van der Waals surface area contributed by atoms with E-state index in [-0.39, 0.29) is 17.2 Å². The van der Waals surface area contributed by atoms with Crippen LogP contribution in [0, 0.1) is 5.41 Å². The minimum atomic E-state index is -0.0250. The normalized spacial score (nSPS) is 13.2. The van der Waals surface area contributed by atoms with Crippen molar-refractivity contribution in [3.63, 3.8) is 0 Å². The Labute approximate surface area is 124 Å². The van der Waals surface area contributed by atoms with Crippen molar-refractivity contribution >= 4 is 17.4 Å². The van der Waals surface area contributed by atoms with Crippen LogP contribution in [0.3, 0.4) is 0 Å². The van der Waals surface area contributed by atoms with Crippen molar-refractivity contribution in [3.8, 4) is 0 Å². The van der Waals surface area contributed by atoms with Gasteiger partial charge >= 0.3 is 0 Å². The van der Waals surface area contributed by atoms with Gasteiger partial charge in [0, 0.05) is 35.4 Å². The number of hydrogen-bond acceptors (Lipinski definition) is 2. The zero-order valence-electron chi connectivity index (χ0n) is 12.0. The first-order valence-electron chi connectivity index (χ1n) is 6.64. The van der Waals surface area contributed by atoms with Gasteiger partial charge in [-0.1, -0.05) is 32.4 Å². The van der Waals surface area contributed by atoms with Gasteiger partial charge in [0.15, 0.2) is 5.78 Å². The third-order valence-electron chi connectivity index (χ3n) is 3.43. The summed E-state index contributed by atoms with van der Waals surface area (Å²) in [6.07, 6.45) is 5.86. The lowest BCUT2D eigenvalue weighted by Crippen LogP contribution is -2.26. The molecule has 1 heterocycles. The molecule has 1 aromatic heterocycles. The first-order valence-corrected chi connectivity index (χ1v) is 7.02. The average Bonchev–Trinajstić information content (AvgIpc) is 2.88. The molecule has 3 nitrogen and oxygen atoms in total. The predicted molar refractivity (Wildman–Crippen MR) is 81.1 cm³/mol. The fourth-order valence-electron chi connectivity index (χ4n) is 2.24. The van der Waals surface area contributed by atoms with Gasteiger partial charge in [0.1, 0.15) is 0 Å². The first kappa shape index (κ1) is 14.8. The second-order valence-corrected chi connectivity index (χ2v) is 6.46. The SMILES string of the molecule is CC(C)(C)C(CC(=O)c1ccc(Cl)cc1)n1ccnc1. The van der Waals surface area contributed by atoms with Crippen molar-refractivity contribution in [3.05, 3.63) is 53.6 Å². The minimum Gasteiger partial charge on any atom is -0.333 e. The lowest BCUT2D eigenvalue weighted by atomic mass is 9.83. The second-order valence-electron chi connectivity index (χ2n) is 6.03. The Bertz CT molecular complexity index is 568. The van der Waals surface area contributed by atoms with Crippen molar-refractivity contribution in [2.24, 2.45) is 5.41 Å². The molecular weight excluding hydrogens is 272 g/mol. The number of halogens is 1. The largest absolute Gasteiger partial charge is 0.333 e. The van der Waals surface area contributed by atoms with Crippen molar-refractivity contribution in [1.82, 2.24) is 9.55 Å². The van der Waals surface area contributed by atoms with Crippen LogP contribution in [-0.2, 0) is 0 Å². The highest BCUT2D eigenvalue weighted by molar-refractivity contribution is 6.30. The maximum absolute atomic E-state index is 12.4. The predicted octanol–water partition coefficient (Wildman–Crippen LogP) is 4.40. The molecule has 1 atom stereocenters. The summed E-state index contributed by atoms with van der Waals surface area (Å²) in [6.45, 7) is 6.40. The maximum Gasteiger partial charge on any atom is 0.164 e. The summed E-state index contributed by atoms with van der Waals surface area (Å²) >= 11 is 5.85. The standard InChI is InChI=1S/C16H19ClN2O/c1-16(2,3)15(19-9-8-18-11-19)10-14(20)12-4-6-13(17)7-5-12/h4-9,11,15H,10H2,1-3H3. The van der Waals surface area contributed by atoms with Crippen LogP contribution in [0.5, 0.6) is 0 Å². The summed E-state index contributed by atoms with van der Waals surface area (Å²) in [5.41, 5.74) is 0.673. The molecule has 0 aliphatic rings. The fraction of sp³-hybridized carbons (Fsp3) is 0.375. The molecule has 2 rings (SSSR count). The topological polar surface area (TPSA) is 34.9 Å². The molecule has 0 radical (unpaired) electrons. The highest BCUT2D eigenvalue weighted by atomic mass is 35.5. The Morgan fingerprint density at radius 3 is 2.45 bits per heavy atom. The molecule has 0 aliphatic heterocycles. The van der Waals surface area contributed by atoms with Gasteiger partial charge in [0.25, 0.3) is 0 Å². The van der Waals surface area contributed by atoms with Gasteiger partial charge in [-0.05, 0) is 29.7 Å². The number of hydrogen-bond donors (Lipinski definition) is 0. The Morgan fingerprint density at radius 1 is 1.30 bits per heavy atom. The van der Waals surface area contributed by atoms with E-state index < -0.39 is 0 Å². The monoisotopic (exact) mass is 290 g/mol. The molecule has 1 unspecified atom stereocenters. The molecule has 2 aromatic rings. The van der Waals surface area contributed by atoms with Crippen LogP contribution in [-0.4, -0.2) is 15.3 Å². The molecule has 0 spiro atoms. The lowest BCUT2D eigenvalue weighted by Gasteiger charge is -2.31. The highest BCUT2D eigenvalue weighted by Gasteiger charge is 2.28. The number of ketones is 1. The van der Waals surface area contributed by atoms with Crippen molar-refractivity contribution in [1.29, 1.82) is 0 Å². The summed E-state index contributed by atoms with van der Waals surface area (Å²) in [5.74, 6) is 0.121. The number of imidazole rings is 1. The average molecular weight is 291 g/mol. The van der Waals surface area contributed by atoms with Crippen LogP contribution in [0.2, 0.25) is 5.02 Å². The van der Waals surface area contributed by atoms with E-state index in [1.54, 1.807) is 36.8 Å². The number of nitrogens with zero attached hydrogens (tertiary/aromatic N) is 2. The summed E-state index contributed by atoms with van der Waals surface area (Å²) in [6, 6.07) is 7.13. The number of aromatic nitrogens is 2. The van der Waals surface area contributed by atoms with E-state index >= 15 is 0 Å². The van der Waals surface area contributed by atoms with Gasteiger partial charge in [0.05, 0.1) is 6.33 Å². The summed E-state index contributed by atoms with van der Waals surface area (Å²) < 4.78 is 2.01. The second kappa shape index (κ2) is 5.80. The molecule has 106 valence electrons. The zero-order chi connectivity index (χ0) is 14.8. The van der Waals surface area contributed by atoms with Gasteiger partial charge in [0.2, 0.25) is 0 Å². The minimum absolute atomic E-state index is 0.0250. The third kappa shape index (κ3) is 3.48. The van der Waals surface area contributed by atoms with E-state index in [1.165, 1.54) is 0 Å². The van der Waals surface area contributed by atoms with Crippen molar-refractivity contribution < 1.29 is 4.79 Å². The smallest absolute Gasteiger partial charge is 0.164 e. The highest BCUT2D eigenvalue weighted by Crippen LogP contribution is 2.34. The molecule has 0 amide bonds. The summed E-state index contributed by atoms with van der Waals surface area (Å²) in [4.78, 5) is 16.5. The number of carbonyl (C=O) groups is 1. The van der Waals surface area contributed by atoms with E-state index in [2.05, 4.69) is 25.8 Å². The molecular formula is C16H19ClN2O. The summed E-state index contributed by atoms with van der Waals surface area (Å²) in [5, 5.41) is 0.642. The van der Waals surface area contributed by atoms with Gasteiger partial charge < -0.3 is 4.57 Å². The van der Waals surface area contributed by atoms with E-state index in [0.29, 0.717) is 17.0 Å². The lowest BCUT2D eigenvalue weighted by molar-refractivity contribution is 0.0922. The van der Waals surface area contributed by atoms with E-state index in [4.69, 9.17) is 11.6 Å². The molecule has 20 heavy (non-hydrogen) atoms. The van der Waals surface area contributed by atoms with Crippen LogP contribution >= 0.6 is 11.6 Å². The maximum atomic E-state index is 12.4. The van der Waals surface area contributed by atoms with Gasteiger partial charge in [-0.25, -0.2) is 4.98 Å². The summed E-state index contributed by atoms with van der Waals surface area (Å²) in [7, 11) is 0. The Balaban J connectivity index is 2.20. The molecule has 0 saturated carbocycles. The number of benzene rings is 1. The first-order chi connectivity index (χ1) is 9.38. The van der Waals surface area contributed by atoms with Crippen molar-refractivity contribution in [2.45, 2.75) is 33.2 Å². The van der Waals surface area contributed by atoms with Crippen LogP contribution < -0.4 is 0 Å². The van der Waals surface area contributed by atoms with Gasteiger partial charge in [-0.15, -0.1) is 0 Å². The van der Waals surface area contributed by atoms with Gasteiger partial charge in [-0.3, -0.25) is 4.79 Å². The molecule has 4 heteroatoms. The molecule has 0 fully saturated rings. The van der Waals surface area contributed by atoms with E-state index in [0.717, 1.165) is 0 Å². The molecule has 0 N–H and O–H groups in total. The Hall–Kier alpha value is -1.61. The Kier molecular flexibility index (Phi) is 4.29. The quantitative estimate of drug-likeness (QED) is 0.782. The zero-order valence-corrected chi connectivity index (χ0v) is 12.8. The van der Waals surface area contributed by atoms with E-state index in [1.807, 2.05) is 10.8 Å². The van der Waals surface area contributed by atoms with Crippen LogP contribution in [0.1, 0.15) is 43.6 Å². The Morgan fingerprint density at radius 2 is 1.95 bits per heavy atom. The van der Waals surface area contributed by atoms with Gasteiger partial charge in [-0.2, -0.15) is 0 Å². The van der Waals surface area contributed by atoms with Crippen molar-refractivity contribution in [2.75, 3.05) is 0 Å². The molecule has 0 saturated heterocycles. The fourth-order valence-corrected chi connectivity index (χ4v) is 2.37. The molecule has 0 bridgehead atoms. The van der Waals surface area contributed by atoms with Crippen LogP contribution in [0.15, 0.2) is 43.0 Å². The number of carbonyl (C=O) groups excluding carboxylic acids is 1. The molecule has 0 aliphatic carbocycles. The van der Waals surface area contributed by atoms with Crippen LogP contribution in [0.4, 0.5) is 0 Å². The number of rotatable bonds is 4. The number of Topliss-reactive ketones (excluding diaryl/α,β-unsaturated/α-hetero) is 1. The van der Waals surface area contributed by atoms with E-state index in [9.17, 15) is 4.79 Å².